The summed E-state index contributed by atoms with van der Waals surface area (Å²) in [6.07, 6.45) is 1.66. The van der Waals surface area contributed by atoms with E-state index >= 15 is 0 Å². The van der Waals surface area contributed by atoms with E-state index in [0.29, 0.717) is 5.41 Å². The first-order chi connectivity index (χ1) is 12.2. The van der Waals surface area contributed by atoms with Gasteiger partial charge in [0, 0.05) is 37.3 Å². The van der Waals surface area contributed by atoms with Crippen molar-refractivity contribution in [3.05, 3.63) is 42.4 Å². The molecule has 0 bridgehead atoms. The fourth-order valence-electron chi connectivity index (χ4n) is 4.04. The molecule has 25 heavy (non-hydrogen) atoms. The maximum Gasteiger partial charge on any atom is 0.200 e. The van der Waals surface area contributed by atoms with Crippen LogP contribution < -0.4 is 14.5 Å². The van der Waals surface area contributed by atoms with Crippen molar-refractivity contribution in [2.24, 2.45) is 5.41 Å². The zero-order chi connectivity index (χ0) is 17.0. The van der Waals surface area contributed by atoms with Crippen molar-refractivity contribution in [3.8, 4) is 5.75 Å². The first-order valence-electron chi connectivity index (χ1n) is 8.47. The minimum absolute atomic E-state index is 0.397. The van der Waals surface area contributed by atoms with Gasteiger partial charge in [0.1, 0.15) is 12.1 Å². The molecule has 5 rings (SSSR count). The molecule has 7 heteroatoms. The third-order valence-electron chi connectivity index (χ3n) is 5.25. The van der Waals surface area contributed by atoms with E-state index in [0.717, 1.165) is 49.0 Å². The molecular weight excluding hydrogens is 316 g/mol. The number of hydrogen-bond donors (Lipinski definition) is 0. The molecule has 2 aliphatic heterocycles. The first-order valence-corrected chi connectivity index (χ1v) is 8.47. The molecule has 0 atom stereocenters. The van der Waals surface area contributed by atoms with E-state index in [-0.39, 0.29) is 0 Å². The van der Waals surface area contributed by atoms with Gasteiger partial charge in [-0.25, -0.2) is 0 Å². The molecule has 0 radical (unpaired) electrons. The van der Waals surface area contributed by atoms with Crippen LogP contribution in [0.1, 0.15) is 5.69 Å². The second kappa shape index (κ2) is 5.08. The molecule has 3 aromatic rings. The fraction of sp³-hybridized carbons (Fsp3) is 0.389. The molecule has 2 aliphatic rings. The van der Waals surface area contributed by atoms with Gasteiger partial charge in [-0.3, -0.25) is 0 Å². The average molecular weight is 336 g/mol. The molecule has 0 unspecified atom stereocenters. The van der Waals surface area contributed by atoms with Gasteiger partial charge in [0.15, 0.2) is 0 Å². The van der Waals surface area contributed by atoms with Gasteiger partial charge in [-0.1, -0.05) is 0 Å². The maximum atomic E-state index is 5.23. The summed E-state index contributed by atoms with van der Waals surface area (Å²) in [5.74, 6) is 0.902. The van der Waals surface area contributed by atoms with E-state index in [1.54, 1.807) is 18.0 Å². The van der Waals surface area contributed by atoms with Crippen LogP contribution in [0.2, 0.25) is 0 Å². The molecule has 2 aromatic heterocycles. The normalized spacial score (nSPS) is 18.3. The summed E-state index contributed by atoms with van der Waals surface area (Å²) in [4.78, 5) is 4.82. The Kier molecular flexibility index (Phi) is 2.95. The SMILES string of the molecule is COc1ccc(N2CC3(C2)CN(c2cc(C)nn4cnnc24)C3)cc1. The monoisotopic (exact) mass is 336 g/mol. The van der Waals surface area contributed by atoms with E-state index < -0.39 is 0 Å². The lowest BCUT2D eigenvalue weighted by Crippen LogP contribution is -2.72. The van der Waals surface area contributed by atoms with E-state index in [2.05, 4.69) is 43.3 Å². The predicted octanol–water partition coefficient (Wildman–Crippen LogP) is 1.77. The minimum Gasteiger partial charge on any atom is -0.497 e. The largest absolute Gasteiger partial charge is 0.497 e. The number of ether oxygens (including phenoxy) is 1. The van der Waals surface area contributed by atoms with Crippen molar-refractivity contribution in [2.75, 3.05) is 43.1 Å². The summed E-state index contributed by atoms with van der Waals surface area (Å²) in [5.41, 5.74) is 4.63. The number of aryl methyl sites for hydroxylation is 1. The van der Waals surface area contributed by atoms with Crippen molar-refractivity contribution in [2.45, 2.75) is 6.92 Å². The Balaban J connectivity index is 1.28. The Bertz CT molecular complexity index is 920. The zero-order valence-corrected chi connectivity index (χ0v) is 14.4. The number of fused-ring (bicyclic) bond motifs is 1. The summed E-state index contributed by atoms with van der Waals surface area (Å²) in [6, 6.07) is 10.4. The second-order valence-corrected chi connectivity index (χ2v) is 7.18. The Morgan fingerprint density at radius 1 is 1.04 bits per heavy atom. The lowest BCUT2D eigenvalue weighted by atomic mass is 9.72. The Hall–Kier alpha value is -2.83. The lowest BCUT2D eigenvalue weighted by molar-refractivity contribution is 0.157. The van der Waals surface area contributed by atoms with Crippen LogP contribution in [0.4, 0.5) is 11.4 Å². The third-order valence-corrected chi connectivity index (χ3v) is 5.25. The van der Waals surface area contributed by atoms with E-state index in [1.807, 2.05) is 19.1 Å². The molecule has 0 N–H and O–H groups in total. The summed E-state index contributed by atoms with van der Waals surface area (Å²) in [5, 5.41) is 12.6. The number of benzene rings is 1. The van der Waals surface area contributed by atoms with Crippen LogP contribution in [0.15, 0.2) is 36.7 Å². The van der Waals surface area contributed by atoms with Gasteiger partial charge < -0.3 is 14.5 Å². The van der Waals surface area contributed by atoms with Gasteiger partial charge in [0.2, 0.25) is 5.65 Å². The lowest BCUT2D eigenvalue weighted by Gasteiger charge is -2.61. The Morgan fingerprint density at radius 3 is 2.48 bits per heavy atom. The number of hydrogen-bond acceptors (Lipinski definition) is 6. The van der Waals surface area contributed by atoms with Crippen molar-refractivity contribution >= 4 is 17.0 Å². The highest BCUT2D eigenvalue weighted by Gasteiger charge is 2.52. The maximum absolute atomic E-state index is 5.23. The van der Waals surface area contributed by atoms with E-state index in [1.165, 1.54) is 5.69 Å². The second-order valence-electron chi connectivity index (χ2n) is 7.18. The summed E-state index contributed by atoms with van der Waals surface area (Å²) >= 11 is 0. The van der Waals surface area contributed by atoms with Crippen LogP contribution in [0.5, 0.6) is 5.75 Å². The first kappa shape index (κ1) is 14.5. The highest BCUT2D eigenvalue weighted by atomic mass is 16.5. The molecule has 128 valence electrons. The zero-order valence-electron chi connectivity index (χ0n) is 14.4. The van der Waals surface area contributed by atoms with Crippen molar-refractivity contribution in [3.63, 3.8) is 0 Å². The standard InChI is InChI=1S/C18H20N6O/c1-13-7-16(17-20-19-12-24(17)21-13)23-10-18(11-23)8-22(9-18)14-3-5-15(25-2)6-4-14/h3-7,12H,8-11H2,1-2H3. The molecule has 2 saturated heterocycles. The molecule has 0 amide bonds. The number of methoxy groups -OCH3 is 1. The van der Waals surface area contributed by atoms with Crippen LogP contribution in [0.25, 0.3) is 5.65 Å². The van der Waals surface area contributed by atoms with Crippen molar-refractivity contribution in [1.82, 2.24) is 19.8 Å². The van der Waals surface area contributed by atoms with Gasteiger partial charge in [0.25, 0.3) is 0 Å². The number of aromatic nitrogens is 4. The molecule has 0 saturated carbocycles. The fourth-order valence-corrected chi connectivity index (χ4v) is 4.04. The van der Waals surface area contributed by atoms with Gasteiger partial charge >= 0.3 is 0 Å². The molecule has 7 nitrogen and oxygen atoms in total. The number of nitrogens with zero attached hydrogens (tertiary/aromatic N) is 6. The summed E-state index contributed by atoms with van der Waals surface area (Å²) in [6.45, 7) is 6.33. The molecule has 0 aliphatic carbocycles. The van der Waals surface area contributed by atoms with Crippen LogP contribution in [0.3, 0.4) is 0 Å². The molecule has 4 heterocycles. The van der Waals surface area contributed by atoms with Gasteiger partial charge in [0.05, 0.1) is 18.5 Å². The Labute approximate surface area is 145 Å². The molecule has 1 spiro atoms. The van der Waals surface area contributed by atoms with Gasteiger partial charge in [-0.05, 0) is 37.3 Å². The molecule has 1 aromatic carbocycles. The van der Waals surface area contributed by atoms with Crippen molar-refractivity contribution in [1.29, 1.82) is 0 Å². The van der Waals surface area contributed by atoms with Gasteiger partial charge in [-0.15, -0.1) is 10.2 Å². The predicted molar refractivity (Wildman–Crippen MR) is 95.4 cm³/mol. The minimum atomic E-state index is 0.397. The van der Waals surface area contributed by atoms with E-state index in [9.17, 15) is 0 Å². The Morgan fingerprint density at radius 2 is 1.76 bits per heavy atom. The smallest absolute Gasteiger partial charge is 0.200 e. The van der Waals surface area contributed by atoms with Crippen LogP contribution in [-0.2, 0) is 0 Å². The van der Waals surface area contributed by atoms with Crippen LogP contribution in [-0.4, -0.2) is 53.1 Å². The number of anilines is 2. The summed E-state index contributed by atoms with van der Waals surface area (Å²) in [7, 11) is 1.70. The number of rotatable bonds is 3. The van der Waals surface area contributed by atoms with Crippen LogP contribution >= 0.6 is 0 Å². The van der Waals surface area contributed by atoms with E-state index in [4.69, 9.17) is 4.74 Å². The van der Waals surface area contributed by atoms with Crippen molar-refractivity contribution < 1.29 is 4.74 Å². The van der Waals surface area contributed by atoms with Crippen LogP contribution in [0, 0.1) is 12.3 Å². The highest BCUT2D eigenvalue weighted by Crippen LogP contribution is 2.44. The topological polar surface area (TPSA) is 58.8 Å². The summed E-state index contributed by atoms with van der Waals surface area (Å²) < 4.78 is 7.00. The average Bonchev–Trinajstić information content (AvgIpc) is 3.01. The highest BCUT2D eigenvalue weighted by molar-refractivity contribution is 5.70. The van der Waals surface area contributed by atoms with Gasteiger partial charge in [-0.2, -0.15) is 9.61 Å². The quantitative estimate of drug-likeness (QED) is 0.726. The molecular formula is C18H20N6O. The third kappa shape index (κ3) is 2.22. The molecule has 2 fully saturated rings.